The van der Waals surface area contributed by atoms with Crippen LogP contribution in [0.15, 0.2) is 34.1 Å². The summed E-state index contributed by atoms with van der Waals surface area (Å²) in [5.41, 5.74) is 8.63. The van der Waals surface area contributed by atoms with Gasteiger partial charge in [-0.2, -0.15) is 0 Å². The number of carbonyl (C=O) groups is 1. The molecule has 0 spiro atoms. The molecular weight excluding hydrogens is 312 g/mol. The number of benzene rings is 1. The zero-order valence-electron chi connectivity index (χ0n) is 9.87. The highest BCUT2D eigenvalue weighted by Crippen LogP contribution is 2.22. The molecule has 0 radical (unpaired) electrons. The molecule has 0 fully saturated rings. The van der Waals surface area contributed by atoms with Crippen molar-refractivity contribution in [3.63, 3.8) is 0 Å². The molecule has 1 aromatic heterocycles. The maximum atomic E-state index is 11.9. The van der Waals surface area contributed by atoms with Gasteiger partial charge >= 0.3 is 0 Å². The van der Waals surface area contributed by atoms with E-state index in [9.17, 15) is 4.79 Å². The SMILES string of the molecule is Cc1c(N)cccc1CNC(=O)c1sccc1Br. The predicted molar refractivity (Wildman–Crippen MR) is 78.8 cm³/mol. The van der Waals surface area contributed by atoms with Crippen LogP contribution in [0.3, 0.4) is 0 Å². The molecule has 3 nitrogen and oxygen atoms in total. The zero-order chi connectivity index (χ0) is 13.1. The fraction of sp³-hybridized carbons (Fsp3) is 0.154. The highest BCUT2D eigenvalue weighted by atomic mass is 79.9. The molecule has 2 aromatic rings. The van der Waals surface area contributed by atoms with Crippen molar-refractivity contribution < 1.29 is 4.79 Å². The molecule has 0 unspecified atom stereocenters. The van der Waals surface area contributed by atoms with Crippen molar-refractivity contribution in [1.82, 2.24) is 5.32 Å². The number of halogens is 1. The third-order valence-electron chi connectivity index (χ3n) is 2.75. The summed E-state index contributed by atoms with van der Waals surface area (Å²) in [5.74, 6) is -0.0706. The second-order valence-electron chi connectivity index (χ2n) is 3.91. The van der Waals surface area contributed by atoms with E-state index in [2.05, 4.69) is 21.2 Å². The van der Waals surface area contributed by atoms with E-state index >= 15 is 0 Å². The summed E-state index contributed by atoms with van der Waals surface area (Å²) in [6.45, 7) is 2.44. The molecule has 0 atom stereocenters. The number of nitrogens with one attached hydrogen (secondary N) is 1. The van der Waals surface area contributed by atoms with Gasteiger partial charge in [-0.1, -0.05) is 12.1 Å². The molecule has 18 heavy (non-hydrogen) atoms. The number of anilines is 1. The number of carbonyl (C=O) groups excluding carboxylic acids is 1. The minimum Gasteiger partial charge on any atom is -0.399 e. The monoisotopic (exact) mass is 324 g/mol. The van der Waals surface area contributed by atoms with Crippen molar-refractivity contribution in [1.29, 1.82) is 0 Å². The molecule has 3 N–H and O–H groups in total. The van der Waals surface area contributed by atoms with Crippen LogP contribution >= 0.6 is 27.3 Å². The fourth-order valence-corrected chi connectivity index (χ4v) is 3.07. The lowest BCUT2D eigenvalue weighted by Crippen LogP contribution is -2.22. The van der Waals surface area contributed by atoms with Gasteiger partial charge < -0.3 is 11.1 Å². The minimum atomic E-state index is -0.0706. The Bertz CT molecular complexity index is 580. The molecule has 1 aromatic carbocycles. The first-order valence-corrected chi connectivity index (χ1v) is 7.12. The number of hydrogen-bond acceptors (Lipinski definition) is 3. The van der Waals surface area contributed by atoms with Gasteiger partial charge in [0.05, 0.1) is 0 Å². The number of thiophene rings is 1. The van der Waals surface area contributed by atoms with Crippen molar-refractivity contribution in [2.24, 2.45) is 0 Å². The largest absolute Gasteiger partial charge is 0.399 e. The first kappa shape index (κ1) is 13.1. The quantitative estimate of drug-likeness (QED) is 0.851. The second-order valence-corrected chi connectivity index (χ2v) is 5.68. The topological polar surface area (TPSA) is 55.1 Å². The summed E-state index contributed by atoms with van der Waals surface area (Å²) in [6, 6.07) is 7.59. The van der Waals surface area contributed by atoms with Crippen LogP contribution in [0.5, 0.6) is 0 Å². The average Bonchev–Trinajstić information content (AvgIpc) is 2.77. The maximum absolute atomic E-state index is 11.9. The first-order valence-electron chi connectivity index (χ1n) is 5.44. The van der Waals surface area contributed by atoms with E-state index in [1.165, 1.54) is 11.3 Å². The second kappa shape index (κ2) is 5.54. The Morgan fingerprint density at radius 2 is 2.22 bits per heavy atom. The third kappa shape index (κ3) is 2.73. The van der Waals surface area contributed by atoms with Gasteiger partial charge in [0.2, 0.25) is 0 Å². The van der Waals surface area contributed by atoms with Crippen molar-refractivity contribution in [2.45, 2.75) is 13.5 Å². The van der Waals surface area contributed by atoms with Gasteiger partial charge in [0.25, 0.3) is 5.91 Å². The summed E-state index contributed by atoms with van der Waals surface area (Å²) in [7, 11) is 0. The normalized spacial score (nSPS) is 10.3. The van der Waals surface area contributed by atoms with Crippen molar-refractivity contribution in [3.8, 4) is 0 Å². The zero-order valence-corrected chi connectivity index (χ0v) is 12.3. The number of amides is 1. The number of rotatable bonds is 3. The molecule has 0 aliphatic rings. The Morgan fingerprint density at radius 3 is 2.89 bits per heavy atom. The van der Waals surface area contributed by atoms with Crippen LogP contribution in [0.4, 0.5) is 5.69 Å². The van der Waals surface area contributed by atoms with E-state index in [4.69, 9.17) is 5.73 Å². The van der Waals surface area contributed by atoms with E-state index in [1.54, 1.807) is 0 Å². The first-order chi connectivity index (χ1) is 8.59. The average molecular weight is 325 g/mol. The Labute approximate surface area is 118 Å². The van der Waals surface area contributed by atoms with Gasteiger partial charge in [-0.3, -0.25) is 4.79 Å². The maximum Gasteiger partial charge on any atom is 0.262 e. The molecule has 0 saturated heterocycles. The Kier molecular flexibility index (Phi) is 4.04. The predicted octanol–water partition coefficient (Wildman–Crippen LogP) is 3.33. The molecule has 5 heteroatoms. The van der Waals surface area contributed by atoms with Gasteiger partial charge in [-0.05, 0) is 51.5 Å². The van der Waals surface area contributed by atoms with Gasteiger partial charge in [0.1, 0.15) is 4.88 Å². The van der Waals surface area contributed by atoms with Crippen LogP contribution in [-0.2, 0) is 6.54 Å². The number of nitrogen functional groups attached to an aromatic ring is 1. The van der Waals surface area contributed by atoms with Crippen molar-refractivity contribution in [2.75, 3.05) is 5.73 Å². The molecule has 94 valence electrons. The van der Waals surface area contributed by atoms with Crippen LogP contribution in [0.1, 0.15) is 20.8 Å². The molecule has 2 rings (SSSR count). The Morgan fingerprint density at radius 1 is 1.44 bits per heavy atom. The number of nitrogens with two attached hydrogens (primary N) is 1. The molecule has 0 saturated carbocycles. The summed E-state index contributed by atoms with van der Waals surface area (Å²) in [4.78, 5) is 12.6. The van der Waals surface area contributed by atoms with E-state index in [0.29, 0.717) is 11.4 Å². The lowest BCUT2D eigenvalue weighted by Gasteiger charge is -2.09. The molecule has 1 heterocycles. The summed E-state index contributed by atoms with van der Waals surface area (Å²) in [5, 5.41) is 4.78. The highest BCUT2D eigenvalue weighted by Gasteiger charge is 2.11. The van der Waals surface area contributed by atoms with Crippen LogP contribution in [0.2, 0.25) is 0 Å². The van der Waals surface area contributed by atoms with Crippen LogP contribution in [-0.4, -0.2) is 5.91 Å². The highest BCUT2D eigenvalue weighted by molar-refractivity contribution is 9.10. The lowest BCUT2D eigenvalue weighted by atomic mass is 10.1. The third-order valence-corrected chi connectivity index (χ3v) is 4.59. The van der Waals surface area contributed by atoms with E-state index in [0.717, 1.165) is 21.3 Å². The van der Waals surface area contributed by atoms with Crippen LogP contribution < -0.4 is 11.1 Å². The standard InChI is InChI=1S/C13H13BrN2OS/c1-8-9(3-2-4-11(8)15)7-16-13(17)12-10(14)5-6-18-12/h2-6H,7,15H2,1H3,(H,16,17). The smallest absolute Gasteiger partial charge is 0.262 e. The fourth-order valence-electron chi connectivity index (χ4n) is 1.61. The van der Waals surface area contributed by atoms with E-state index < -0.39 is 0 Å². The van der Waals surface area contributed by atoms with Crippen molar-refractivity contribution in [3.05, 3.63) is 50.1 Å². The summed E-state index contributed by atoms with van der Waals surface area (Å²) >= 11 is 4.77. The molecule has 0 aliphatic carbocycles. The Balaban J connectivity index is 2.06. The van der Waals surface area contributed by atoms with Gasteiger partial charge in [-0.15, -0.1) is 11.3 Å². The van der Waals surface area contributed by atoms with Gasteiger partial charge in [0, 0.05) is 16.7 Å². The summed E-state index contributed by atoms with van der Waals surface area (Å²) < 4.78 is 0.828. The Hall–Kier alpha value is -1.33. The molecule has 1 amide bonds. The lowest BCUT2D eigenvalue weighted by molar-refractivity contribution is 0.0954. The van der Waals surface area contributed by atoms with Crippen molar-refractivity contribution >= 4 is 38.9 Å². The molecular formula is C13H13BrN2OS. The minimum absolute atomic E-state index is 0.0706. The molecule has 0 bridgehead atoms. The molecule has 0 aliphatic heterocycles. The number of hydrogen-bond donors (Lipinski definition) is 2. The van der Waals surface area contributed by atoms with Crippen LogP contribution in [0, 0.1) is 6.92 Å². The van der Waals surface area contributed by atoms with E-state index in [1.807, 2.05) is 36.6 Å². The van der Waals surface area contributed by atoms with Gasteiger partial charge in [-0.25, -0.2) is 0 Å². The van der Waals surface area contributed by atoms with Gasteiger partial charge in [0.15, 0.2) is 0 Å². The van der Waals surface area contributed by atoms with E-state index in [-0.39, 0.29) is 5.91 Å². The van der Waals surface area contributed by atoms with Crippen LogP contribution in [0.25, 0.3) is 0 Å². The summed E-state index contributed by atoms with van der Waals surface area (Å²) in [6.07, 6.45) is 0.